The van der Waals surface area contributed by atoms with Gasteiger partial charge >= 0.3 is 0 Å². The molecule has 5 nitrogen and oxygen atoms in total. The average molecular weight is 243 g/mol. The summed E-state index contributed by atoms with van der Waals surface area (Å²) in [7, 11) is 0. The summed E-state index contributed by atoms with van der Waals surface area (Å²) >= 11 is 0. The highest BCUT2D eigenvalue weighted by molar-refractivity contribution is 5.87. The first-order chi connectivity index (χ1) is 8.93. The van der Waals surface area contributed by atoms with Gasteiger partial charge in [0.15, 0.2) is 0 Å². The zero-order valence-corrected chi connectivity index (χ0v) is 10.3. The topological polar surface area (TPSA) is 56.8 Å². The summed E-state index contributed by atoms with van der Waals surface area (Å²) in [6, 6.07) is 3.32. The predicted octanol–water partition coefficient (Wildman–Crippen LogP) is 1.29. The van der Waals surface area contributed by atoms with E-state index in [9.17, 15) is 0 Å². The van der Waals surface area contributed by atoms with Crippen molar-refractivity contribution in [1.29, 1.82) is 0 Å². The average Bonchev–Trinajstić information content (AvgIpc) is 3.05. The molecule has 1 unspecified atom stereocenters. The summed E-state index contributed by atoms with van der Waals surface area (Å²) in [5.41, 5.74) is 0.937. The van der Waals surface area contributed by atoms with E-state index in [4.69, 9.17) is 0 Å². The van der Waals surface area contributed by atoms with E-state index in [-0.39, 0.29) is 0 Å². The maximum absolute atomic E-state index is 4.52. The van der Waals surface area contributed by atoms with Crippen molar-refractivity contribution in [2.24, 2.45) is 0 Å². The summed E-state index contributed by atoms with van der Waals surface area (Å²) in [6.07, 6.45) is 7.36. The van der Waals surface area contributed by atoms with Gasteiger partial charge in [-0.2, -0.15) is 0 Å². The standard InChI is InChI=1S/C13H17N5/c1-2-11-10(14-5-1)4-7-18(11)13-9-3-6-15-12(9)16-8-17-13/h3,6,8,10-11,14H,1-2,4-5,7H2,(H,15,16,17)/t10?,11-/m0/s1. The normalized spacial score (nSPS) is 27.7. The van der Waals surface area contributed by atoms with Crippen molar-refractivity contribution in [2.75, 3.05) is 18.0 Å². The van der Waals surface area contributed by atoms with E-state index in [2.05, 4.69) is 31.2 Å². The molecule has 4 rings (SSSR count). The quantitative estimate of drug-likeness (QED) is 0.792. The zero-order valence-electron chi connectivity index (χ0n) is 10.3. The Morgan fingerprint density at radius 1 is 1.28 bits per heavy atom. The molecule has 2 atom stereocenters. The van der Waals surface area contributed by atoms with Crippen LogP contribution in [0.15, 0.2) is 18.6 Å². The third-order valence-corrected chi connectivity index (χ3v) is 4.23. The zero-order chi connectivity index (χ0) is 11.9. The fourth-order valence-electron chi connectivity index (χ4n) is 3.40. The summed E-state index contributed by atoms with van der Waals surface area (Å²) in [6.45, 7) is 2.26. The number of nitrogens with one attached hydrogen (secondary N) is 2. The van der Waals surface area contributed by atoms with Gasteiger partial charge in [-0.1, -0.05) is 0 Å². The first-order valence-electron chi connectivity index (χ1n) is 6.71. The largest absolute Gasteiger partial charge is 0.351 e. The van der Waals surface area contributed by atoms with Crippen LogP contribution in [0.5, 0.6) is 0 Å². The molecule has 0 spiro atoms. The van der Waals surface area contributed by atoms with E-state index in [1.165, 1.54) is 25.8 Å². The molecule has 2 aromatic rings. The number of anilines is 1. The van der Waals surface area contributed by atoms with E-state index in [0.29, 0.717) is 12.1 Å². The van der Waals surface area contributed by atoms with Crippen LogP contribution < -0.4 is 10.2 Å². The number of hydrogen-bond acceptors (Lipinski definition) is 4. The van der Waals surface area contributed by atoms with Gasteiger partial charge in [-0.15, -0.1) is 0 Å². The van der Waals surface area contributed by atoms with Crippen LogP contribution in [0.2, 0.25) is 0 Å². The van der Waals surface area contributed by atoms with Gasteiger partial charge in [0.25, 0.3) is 0 Å². The number of fused-ring (bicyclic) bond motifs is 2. The maximum atomic E-state index is 4.52. The second kappa shape index (κ2) is 3.95. The Bertz CT molecular complexity index is 563. The second-order valence-electron chi connectivity index (χ2n) is 5.19. The van der Waals surface area contributed by atoms with Crippen molar-refractivity contribution in [3.8, 4) is 0 Å². The molecule has 2 aromatic heterocycles. The summed E-state index contributed by atoms with van der Waals surface area (Å²) in [5.74, 6) is 1.09. The summed E-state index contributed by atoms with van der Waals surface area (Å²) in [5, 5.41) is 4.77. The number of nitrogens with zero attached hydrogens (tertiary/aromatic N) is 3. The molecule has 5 heteroatoms. The van der Waals surface area contributed by atoms with Gasteiger partial charge in [0.05, 0.1) is 5.39 Å². The molecule has 0 aliphatic carbocycles. The van der Waals surface area contributed by atoms with Crippen LogP contribution in [-0.4, -0.2) is 40.1 Å². The van der Waals surface area contributed by atoms with Crippen molar-refractivity contribution < 1.29 is 0 Å². The molecule has 0 radical (unpaired) electrons. The highest BCUT2D eigenvalue weighted by Gasteiger charge is 2.36. The Kier molecular flexibility index (Phi) is 2.26. The minimum Gasteiger partial charge on any atom is -0.351 e. The van der Waals surface area contributed by atoms with Crippen LogP contribution in [0, 0.1) is 0 Å². The first-order valence-corrected chi connectivity index (χ1v) is 6.71. The number of H-pyrrole nitrogens is 1. The molecule has 0 aromatic carbocycles. The molecule has 0 amide bonds. The Hall–Kier alpha value is -1.62. The Morgan fingerprint density at radius 2 is 2.28 bits per heavy atom. The first kappa shape index (κ1) is 10.3. The van der Waals surface area contributed by atoms with Gasteiger partial charge in [0, 0.05) is 24.8 Å². The number of aromatic amines is 1. The van der Waals surface area contributed by atoms with Gasteiger partial charge in [-0.25, -0.2) is 9.97 Å². The van der Waals surface area contributed by atoms with Crippen molar-refractivity contribution in [1.82, 2.24) is 20.3 Å². The van der Waals surface area contributed by atoms with E-state index >= 15 is 0 Å². The van der Waals surface area contributed by atoms with E-state index in [0.717, 1.165) is 23.4 Å². The van der Waals surface area contributed by atoms with Crippen molar-refractivity contribution in [3.63, 3.8) is 0 Å². The Labute approximate surface area is 106 Å². The van der Waals surface area contributed by atoms with Gasteiger partial charge in [-0.05, 0) is 31.9 Å². The van der Waals surface area contributed by atoms with Crippen LogP contribution in [-0.2, 0) is 0 Å². The lowest BCUT2D eigenvalue weighted by Crippen LogP contribution is -2.47. The molecule has 2 saturated heterocycles. The highest BCUT2D eigenvalue weighted by atomic mass is 15.3. The van der Waals surface area contributed by atoms with E-state index in [1.807, 2.05) is 6.20 Å². The SMILES string of the molecule is c1nc(N2CCC3NCCC[C@@H]32)c2cc[nH]c2n1. The number of aromatic nitrogens is 3. The molecule has 0 saturated carbocycles. The van der Waals surface area contributed by atoms with E-state index in [1.54, 1.807) is 6.33 Å². The lowest BCUT2D eigenvalue weighted by Gasteiger charge is -2.33. The minimum atomic E-state index is 0.603. The molecule has 2 N–H and O–H groups in total. The molecule has 4 heterocycles. The third-order valence-electron chi connectivity index (χ3n) is 4.23. The van der Waals surface area contributed by atoms with Gasteiger partial charge < -0.3 is 15.2 Å². The second-order valence-corrected chi connectivity index (χ2v) is 5.19. The third kappa shape index (κ3) is 1.43. The number of hydrogen-bond donors (Lipinski definition) is 2. The maximum Gasteiger partial charge on any atom is 0.142 e. The molecular formula is C13H17N5. The molecule has 2 aliphatic rings. The van der Waals surface area contributed by atoms with Crippen molar-refractivity contribution >= 4 is 16.9 Å². The van der Waals surface area contributed by atoms with Crippen molar-refractivity contribution in [3.05, 3.63) is 18.6 Å². The van der Waals surface area contributed by atoms with E-state index < -0.39 is 0 Å². The lowest BCUT2D eigenvalue weighted by molar-refractivity contribution is 0.382. The van der Waals surface area contributed by atoms with Crippen LogP contribution in [0.25, 0.3) is 11.0 Å². The highest BCUT2D eigenvalue weighted by Crippen LogP contribution is 2.32. The van der Waals surface area contributed by atoms with Crippen LogP contribution >= 0.6 is 0 Å². The molecule has 94 valence electrons. The minimum absolute atomic E-state index is 0.603. The van der Waals surface area contributed by atoms with Gasteiger partial charge in [0.2, 0.25) is 0 Å². The fourth-order valence-corrected chi connectivity index (χ4v) is 3.40. The summed E-state index contributed by atoms with van der Waals surface area (Å²) < 4.78 is 0. The predicted molar refractivity (Wildman–Crippen MR) is 70.7 cm³/mol. The van der Waals surface area contributed by atoms with Crippen LogP contribution in [0.4, 0.5) is 5.82 Å². The molecule has 2 aliphatic heterocycles. The van der Waals surface area contributed by atoms with Crippen LogP contribution in [0.1, 0.15) is 19.3 Å². The lowest BCUT2D eigenvalue weighted by atomic mass is 9.99. The van der Waals surface area contributed by atoms with Gasteiger partial charge in [0.1, 0.15) is 17.8 Å². The van der Waals surface area contributed by atoms with Crippen molar-refractivity contribution in [2.45, 2.75) is 31.3 Å². The van der Waals surface area contributed by atoms with Gasteiger partial charge in [-0.3, -0.25) is 0 Å². The molecule has 18 heavy (non-hydrogen) atoms. The smallest absolute Gasteiger partial charge is 0.142 e. The summed E-state index contributed by atoms with van der Waals surface area (Å²) in [4.78, 5) is 14.4. The number of rotatable bonds is 1. The Balaban J connectivity index is 1.76. The fraction of sp³-hybridized carbons (Fsp3) is 0.538. The number of piperidine rings is 1. The van der Waals surface area contributed by atoms with Crippen LogP contribution in [0.3, 0.4) is 0 Å². The Morgan fingerprint density at radius 3 is 3.28 bits per heavy atom. The molecular weight excluding hydrogens is 226 g/mol. The molecule has 0 bridgehead atoms. The molecule has 2 fully saturated rings. The monoisotopic (exact) mass is 243 g/mol.